The van der Waals surface area contributed by atoms with Crippen molar-refractivity contribution in [3.05, 3.63) is 54.1 Å². The van der Waals surface area contributed by atoms with E-state index < -0.39 is 18.8 Å². The van der Waals surface area contributed by atoms with Crippen molar-refractivity contribution >= 4 is 23.4 Å². The van der Waals surface area contributed by atoms with Crippen molar-refractivity contribution in [1.82, 2.24) is 15.2 Å². The number of aliphatic carboxylic acids is 1. The van der Waals surface area contributed by atoms with E-state index in [0.717, 1.165) is 17.0 Å². The first kappa shape index (κ1) is 19.0. The Balaban J connectivity index is 1.78. The zero-order chi connectivity index (χ0) is 20.2. The Morgan fingerprint density at radius 1 is 1.21 bits per heavy atom. The average Bonchev–Trinajstić information content (AvgIpc) is 2.89. The molecule has 4 rings (SSSR count). The number of carboxylic acids is 1. The standard InChI is InChI=1S/C20H18N4O4S/c1-2-29-20-22-19-17(23-24-20)12-7-3-5-9-14(12)21-18(28-19)13-8-4-6-10-15(13)27-11-16(25)26/h3-10,18,21H,2,11H2,1H3,(H,25,26)/t18-/m0/s1. The van der Waals surface area contributed by atoms with Gasteiger partial charge in [-0.2, -0.15) is 4.98 Å². The van der Waals surface area contributed by atoms with Crippen molar-refractivity contribution in [2.45, 2.75) is 18.3 Å². The predicted octanol–water partition coefficient (Wildman–Crippen LogP) is 3.62. The number of hydrogen-bond donors (Lipinski definition) is 2. The molecule has 0 fully saturated rings. The number of nitrogens with zero attached hydrogens (tertiary/aromatic N) is 3. The molecule has 1 atom stereocenters. The molecule has 0 saturated heterocycles. The van der Waals surface area contributed by atoms with Crippen LogP contribution < -0.4 is 14.8 Å². The van der Waals surface area contributed by atoms with Crippen LogP contribution >= 0.6 is 11.8 Å². The van der Waals surface area contributed by atoms with Gasteiger partial charge in [-0.1, -0.05) is 49.0 Å². The number of anilines is 1. The van der Waals surface area contributed by atoms with Gasteiger partial charge in [0.2, 0.25) is 17.3 Å². The van der Waals surface area contributed by atoms with E-state index in [1.807, 2.05) is 43.3 Å². The van der Waals surface area contributed by atoms with E-state index in [-0.39, 0.29) is 0 Å². The fourth-order valence-electron chi connectivity index (χ4n) is 2.95. The molecule has 3 aromatic rings. The molecule has 2 heterocycles. The summed E-state index contributed by atoms with van der Waals surface area (Å²) in [7, 11) is 0. The van der Waals surface area contributed by atoms with Crippen molar-refractivity contribution in [3.63, 3.8) is 0 Å². The number of fused-ring (bicyclic) bond motifs is 3. The lowest BCUT2D eigenvalue weighted by molar-refractivity contribution is -0.139. The van der Waals surface area contributed by atoms with E-state index in [0.29, 0.717) is 28.0 Å². The molecule has 0 unspecified atom stereocenters. The topological polar surface area (TPSA) is 106 Å². The Morgan fingerprint density at radius 3 is 2.83 bits per heavy atom. The third-order valence-corrected chi connectivity index (χ3v) is 4.88. The van der Waals surface area contributed by atoms with E-state index in [9.17, 15) is 4.79 Å². The van der Waals surface area contributed by atoms with Gasteiger partial charge in [0.1, 0.15) is 5.75 Å². The monoisotopic (exact) mass is 410 g/mol. The van der Waals surface area contributed by atoms with Gasteiger partial charge < -0.3 is 19.9 Å². The minimum Gasteiger partial charge on any atom is -0.481 e. The van der Waals surface area contributed by atoms with Crippen LogP contribution in [0, 0.1) is 0 Å². The third kappa shape index (κ3) is 4.09. The normalized spacial score (nSPS) is 14.6. The Morgan fingerprint density at radius 2 is 2.00 bits per heavy atom. The quantitative estimate of drug-likeness (QED) is 0.589. The number of rotatable bonds is 6. The maximum Gasteiger partial charge on any atom is 0.341 e. The molecule has 2 aromatic carbocycles. The number of hydrogen-bond acceptors (Lipinski definition) is 8. The summed E-state index contributed by atoms with van der Waals surface area (Å²) in [6, 6.07) is 14.8. The van der Waals surface area contributed by atoms with E-state index >= 15 is 0 Å². The smallest absolute Gasteiger partial charge is 0.341 e. The molecule has 9 heteroatoms. The number of nitrogens with one attached hydrogen (secondary N) is 1. The first-order valence-electron chi connectivity index (χ1n) is 8.99. The summed E-state index contributed by atoms with van der Waals surface area (Å²) in [5.74, 6) is 0.526. The molecule has 0 radical (unpaired) electrons. The highest BCUT2D eigenvalue weighted by molar-refractivity contribution is 7.99. The lowest BCUT2D eigenvalue weighted by Gasteiger charge is -2.21. The van der Waals surface area contributed by atoms with Crippen LogP contribution in [0.15, 0.2) is 53.7 Å². The van der Waals surface area contributed by atoms with Gasteiger partial charge in [0.15, 0.2) is 12.3 Å². The summed E-state index contributed by atoms with van der Waals surface area (Å²) in [6.07, 6.45) is -0.654. The fourth-order valence-corrected chi connectivity index (χ4v) is 3.45. The summed E-state index contributed by atoms with van der Waals surface area (Å²) in [6.45, 7) is 1.56. The SMILES string of the molecule is CCSc1nnc2c(n1)O[C@@H](c1ccccc1OCC(=O)O)Nc1ccccc1-2. The van der Waals surface area contributed by atoms with Gasteiger partial charge >= 0.3 is 5.97 Å². The predicted molar refractivity (Wildman–Crippen MR) is 108 cm³/mol. The van der Waals surface area contributed by atoms with E-state index in [4.69, 9.17) is 14.6 Å². The van der Waals surface area contributed by atoms with Crippen molar-refractivity contribution in [1.29, 1.82) is 0 Å². The number of carboxylic acid groups (broad SMARTS) is 1. The molecule has 29 heavy (non-hydrogen) atoms. The third-order valence-electron chi connectivity index (χ3n) is 4.16. The average molecular weight is 410 g/mol. The molecule has 0 saturated carbocycles. The van der Waals surface area contributed by atoms with Crippen LogP contribution in [0.2, 0.25) is 0 Å². The van der Waals surface area contributed by atoms with Gasteiger partial charge in [0, 0.05) is 11.3 Å². The number of benzene rings is 2. The lowest BCUT2D eigenvalue weighted by Crippen LogP contribution is -2.19. The summed E-state index contributed by atoms with van der Waals surface area (Å²) in [5.41, 5.74) is 2.82. The molecule has 1 aromatic heterocycles. The van der Waals surface area contributed by atoms with Gasteiger partial charge in [-0.25, -0.2) is 4.79 Å². The molecule has 0 spiro atoms. The molecule has 148 valence electrons. The lowest BCUT2D eigenvalue weighted by atomic mass is 10.1. The molecule has 0 aliphatic carbocycles. The van der Waals surface area contributed by atoms with Crippen LogP contribution in [0.25, 0.3) is 11.3 Å². The summed E-state index contributed by atoms with van der Waals surface area (Å²) in [5, 5.41) is 21.4. The van der Waals surface area contributed by atoms with Crippen molar-refractivity contribution in [2.75, 3.05) is 17.7 Å². The first-order valence-corrected chi connectivity index (χ1v) is 9.98. The molecule has 0 bridgehead atoms. The Hall–Kier alpha value is -3.33. The number of aromatic nitrogens is 3. The van der Waals surface area contributed by atoms with Crippen LogP contribution in [0.5, 0.6) is 11.6 Å². The number of ether oxygens (including phenoxy) is 2. The van der Waals surface area contributed by atoms with Crippen molar-refractivity contribution < 1.29 is 19.4 Å². The Labute approximate surface area is 171 Å². The van der Waals surface area contributed by atoms with Crippen LogP contribution in [0.3, 0.4) is 0 Å². The number of para-hydroxylation sites is 2. The van der Waals surface area contributed by atoms with Crippen LogP contribution in [-0.4, -0.2) is 38.6 Å². The van der Waals surface area contributed by atoms with Gasteiger partial charge in [-0.05, 0) is 24.0 Å². The van der Waals surface area contributed by atoms with Crippen molar-refractivity contribution in [3.8, 4) is 22.9 Å². The summed E-state index contributed by atoms with van der Waals surface area (Å²) >= 11 is 1.47. The Bertz CT molecular complexity index is 1050. The van der Waals surface area contributed by atoms with Crippen LogP contribution in [0.4, 0.5) is 5.69 Å². The molecule has 2 N–H and O–H groups in total. The molecular formula is C20H18N4O4S. The highest BCUT2D eigenvalue weighted by atomic mass is 32.2. The molecule has 0 amide bonds. The van der Waals surface area contributed by atoms with Crippen LogP contribution in [-0.2, 0) is 4.79 Å². The second-order valence-corrected chi connectivity index (χ2v) is 7.32. The van der Waals surface area contributed by atoms with Crippen LogP contribution in [0.1, 0.15) is 18.7 Å². The van der Waals surface area contributed by atoms with Gasteiger partial charge in [0.05, 0.1) is 5.56 Å². The Kier molecular flexibility index (Phi) is 5.48. The molecule has 1 aliphatic rings. The number of thioether (sulfide) groups is 1. The van der Waals surface area contributed by atoms with E-state index in [2.05, 4.69) is 20.5 Å². The highest BCUT2D eigenvalue weighted by Crippen LogP contribution is 2.40. The molecular weight excluding hydrogens is 392 g/mol. The van der Waals surface area contributed by atoms with Gasteiger partial charge in [0.25, 0.3) is 0 Å². The van der Waals surface area contributed by atoms with E-state index in [1.165, 1.54) is 11.8 Å². The van der Waals surface area contributed by atoms with Crippen molar-refractivity contribution in [2.24, 2.45) is 0 Å². The molecule has 8 nitrogen and oxygen atoms in total. The van der Waals surface area contributed by atoms with Gasteiger partial charge in [-0.3, -0.25) is 0 Å². The fraction of sp³-hybridized carbons (Fsp3) is 0.200. The summed E-state index contributed by atoms with van der Waals surface area (Å²) in [4.78, 5) is 15.5. The zero-order valence-corrected chi connectivity index (χ0v) is 16.3. The largest absolute Gasteiger partial charge is 0.481 e. The maximum absolute atomic E-state index is 10.9. The zero-order valence-electron chi connectivity index (χ0n) is 15.5. The molecule has 1 aliphatic heterocycles. The second kappa shape index (κ2) is 8.36. The minimum atomic E-state index is -1.05. The van der Waals surface area contributed by atoms with E-state index in [1.54, 1.807) is 12.1 Å². The van der Waals surface area contributed by atoms with Gasteiger partial charge in [-0.15, -0.1) is 10.2 Å². The maximum atomic E-state index is 10.9. The summed E-state index contributed by atoms with van der Waals surface area (Å²) < 4.78 is 11.7. The first-order chi connectivity index (χ1) is 14.2. The number of carbonyl (C=O) groups is 1. The second-order valence-electron chi connectivity index (χ2n) is 6.09. The minimum absolute atomic E-state index is 0.353. The highest BCUT2D eigenvalue weighted by Gasteiger charge is 2.27.